The lowest BCUT2D eigenvalue weighted by atomic mass is 10.2. The molecule has 0 radical (unpaired) electrons. The van der Waals surface area contributed by atoms with Crippen molar-refractivity contribution in [2.24, 2.45) is 0 Å². The van der Waals surface area contributed by atoms with Crippen LogP contribution >= 0.6 is 0 Å². The summed E-state index contributed by atoms with van der Waals surface area (Å²) in [6.07, 6.45) is 0.288. The van der Waals surface area contributed by atoms with E-state index >= 15 is 0 Å². The molecule has 166 valence electrons. The van der Waals surface area contributed by atoms with E-state index in [-0.39, 0.29) is 10.8 Å². The zero-order chi connectivity index (χ0) is 22.4. The van der Waals surface area contributed by atoms with Gasteiger partial charge in [0.15, 0.2) is 16.4 Å². The van der Waals surface area contributed by atoms with Crippen molar-refractivity contribution in [2.45, 2.75) is 89.9 Å². The van der Waals surface area contributed by atoms with E-state index < -0.39 is 22.5 Å². The highest BCUT2D eigenvalue weighted by Crippen LogP contribution is 2.42. The molecule has 0 saturated heterocycles. The molecule has 0 aromatic heterocycles. The zero-order valence-electron chi connectivity index (χ0n) is 20.1. The molecule has 0 fully saturated rings. The predicted molar refractivity (Wildman–Crippen MR) is 136 cm³/mol. The van der Waals surface area contributed by atoms with E-state index in [1.807, 2.05) is 6.92 Å². The first-order valence-electron chi connectivity index (χ1n) is 11.6. The van der Waals surface area contributed by atoms with Gasteiger partial charge in [-0.1, -0.05) is 113 Å². The third kappa shape index (κ3) is 4.99. The van der Waals surface area contributed by atoms with Gasteiger partial charge in [-0.3, -0.25) is 0 Å². The van der Waals surface area contributed by atoms with Gasteiger partial charge >= 0.3 is 0 Å². The monoisotopic (exact) mass is 442 g/mol. The van der Waals surface area contributed by atoms with Crippen molar-refractivity contribution in [2.75, 3.05) is 0 Å². The molecular formula is C26H42O2Si2. The highest BCUT2D eigenvalue weighted by Gasteiger charge is 2.55. The lowest BCUT2D eigenvalue weighted by Crippen LogP contribution is -2.73. The van der Waals surface area contributed by atoms with Crippen molar-refractivity contribution in [1.82, 2.24) is 0 Å². The fourth-order valence-corrected chi connectivity index (χ4v) is 15.3. The normalized spacial score (nSPS) is 15.1. The Balaban J connectivity index is 2.85. The Morgan fingerprint density at radius 1 is 0.800 bits per heavy atom. The van der Waals surface area contributed by atoms with Gasteiger partial charge in [0.05, 0.1) is 6.10 Å². The first kappa shape index (κ1) is 25.1. The van der Waals surface area contributed by atoms with Gasteiger partial charge < -0.3 is 9.53 Å². The molecule has 2 rings (SSSR count). The van der Waals surface area contributed by atoms with Crippen LogP contribution in [0.4, 0.5) is 0 Å². The van der Waals surface area contributed by atoms with Crippen LogP contribution in [0.3, 0.4) is 0 Å². The summed E-state index contributed by atoms with van der Waals surface area (Å²) in [4.78, 5) is 0. The minimum absolute atomic E-state index is 0.0185. The van der Waals surface area contributed by atoms with Crippen LogP contribution in [0, 0.1) is 0 Å². The number of aliphatic hydroxyl groups is 1. The number of aliphatic hydroxyl groups excluding tert-OH is 1. The van der Waals surface area contributed by atoms with Crippen LogP contribution in [0.15, 0.2) is 60.7 Å². The highest BCUT2D eigenvalue weighted by atomic mass is 28.4. The quantitative estimate of drug-likeness (QED) is 0.475. The molecule has 0 heterocycles. The van der Waals surface area contributed by atoms with Gasteiger partial charge in [-0.05, 0) is 36.5 Å². The maximum absolute atomic E-state index is 10.6. The Hall–Kier alpha value is -1.21. The Bertz CT molecular complexity index is 702. The summed E-state index contributed by atoms with van der Waals surface area (Å²) < 4.78 is 7.34. The molecule has 0 saturated carbocycles. The van der Waals surface area contributed by atoms with Gasteiger partial charge in [0.2, 0.25) is 0 Å². The van der Waals surface area contributed by atoms with Gasteiger partial charge in [-0.25, -0.2) is 0 Å². The summed E-state index contributed by atoms with van der Waals surface area (Å²) in [6.45, 7) is 15.9. The number of hydrogen-bond donors (Lipinski definition) is 1. The van der Waals surface area contributed by atoms with Crippen LogP contribution in [0.5, 0.6) is 0 Å². The van der Waals surface area contributed by atoms with Crippen LogP contribution < -0.4 is 10.4 Å². The molecule has 0 bridgehead atoms. The molecule has 2 atom stereocenters. The maximum atomic E-state index is 10.6. The van der Waals surface area contributed by atoms with Crippen LogP contribution in [-0.2, 0) is 4.43 Å². The van der Waals surface area contributed by atoms with Crippen molar-refractivity contribution in [3.63, 3.8) is 0 Å². The maximum Gasteiger partial charge on any atom is 0.191 e. The lowest BCUT2D eigenvalue weighted by Gasteiger charge is -2.51. The summed E-state index contributed by atoms with van der Waals surface area (Å²) in [7, 11) is -4.33. The number of benzene rings is 2. The minimum Gasteiger partial charge on any atom is -0.416 e. The minimum atomic E-state index is -2.45. The van der Waals surface area contributed by atoms with Gasteiger partial charge in [0, 0.05) is 5.73 Å². The van der Waals surface area contributed by atoms with Crippen LogP contribution in [0.2, 0.25) is 23.2 Å². The summed E-state index contributed by atoms with van der Waals surface area (Å²) in [5, 5.41) is 13.4. The molecular weight excluding hydrogens is 400 g/mol. The first-order valence-corrected chi connectivity index (χ1v) is 16.2. The van der Waals surface area contributed by atoms with Crippen molar-refractivity contribution in [1.29, 1.82) is 0 Å². The molecule has 2 aromatic rings. The van der Waals surface area contributed by atoms with Gasteiger partial charge in [-0.15, -0.1) is 0 Å². The van der Waals surface area contributed by atoms with E-state index in [9.17, 15) is 5.11 Å². The molecule has 30 heavy (non-hydrogen) atoms. The number of hydrogen-bond acceptors (Lipinski definition) is 2. The SMILES string of the molecule is CC[Si](CC)(CC)O[C@H](CC(C)O)[Si](c1ccccc1)(c1ccccc1)C(C)(C)C. The van der Waals surface area contributed by atoms with Gasteiger partial charge in [-0.2, -0.15) is 0 Å². The van der Waals surface area contributed by atoms with Crippen molar-refractivity contribution in [3.8, 4) is 0 Å². The molecule has 0 spiro atoms. The van der Waals surface area contributed by atoms with E-state index in [2.05, 4.69) is 102 Å². The van der Waals surface area contributed by atoms with Crippen molar-refractivity contribution < 1.29 is 9.53 Å². The molecule has 1 unspecified atom stereocenters. The van der Waals surface area contributed by atoms with Crippen molar-refractivity contribution >= 4 is 26.8 Å². The first-order chi connectivity index (χ1) is 14.2. The van der Waals surface area contributed by atoms with Crippen LogP contribution in [0.25, 0.3) is 0 Å². The van der Waals surface area contributed by atoms with E-state index in [1.165, 1.54) is 10.4 Å². The third-order valence-corrected chi connectivity index (χ3v) is 18.1. The highest BCUT2D eigenvalue weighted by molar-refractivity contribution is 7.05. The van der Waals surface area contributed by atoms with Crippen LogP contribution in [-0.4, -0.2) is 33.3 Å². The standard InChI is InChI=1S/C26H42O2Si2/c1-8-29(9-2,10-3)28-25(21-22(4)27)30(26(5,6)7,23-17-13-11-14-18-23)24-19-15-12-16-20-24/h11-20,22,25,27H,8-10,21H2,1-7H3/t22?,25-/m0/s1. The second kappa shape index (κ2) is 10.4. The van der Waals surface area contributed by atoms with Gasteiger partial charge in [0.1, 0.15) is 0 Å². The molecule has 0 aliphatic heterocycles. The summed E-state index contributed by atoms with van der Waals surface area (Å²) in [5.74, 6) is 0. The molecule has 4 heteroatoms. The second-order valence-corrected chi connectivity index (χ2v) is 19.4. The average molecular weight is 443 g/mol. The fourth-order valence-electron chi connectivity index (χ4n) is 5.21. The van der Waals surface area contributed by atoms with Gasteiger partial charge in [0.25, 0.3) is 0 Å². The largest absolute Gasteiger partial charge is 0.416 e. The van der Waals surface area contributed by atoms with Crippen molar-refractivity contribution in [3.05, 3.63) is 60.7 Å². The molecule has 0 amide bonds. The second-order valence-electron chi connectivity index (χ2n) is 9.72. The molecule has 2 aromatic carbocycles. The number of rotatable bonds is 10. The molecule has 1 N–H and O–H groups in total. The smallest absolute Gasteiger partial charge is 0.191 e. The van der Waals surface area contributed by atoms with Crippen LogP contribution in [0.1, 0.15) is 54.9 Å². The molecule has 0 aliphatic carbocycles. The molecule has 2 nitrogen and oxygen atoms in total. The molecule has 0 aliphatic rings. The summed E-state index contributed by atoms with van der Waals surface area (Å²) >= 11 is 0. The Labute approximate surface area is 186 Å². The third-order valence-electron chi connectivity index (χ3n) is 7.00. The lowest BCUT2D eigenvalue weighted by molar-refractivity contribution is 0.131. The zero-order valence-corrected chi connectivity index (χ0v) is 22.1. The summed E-state index contributed by atoms with van der Waals surface area (Å²) in [6, 6.07) is 25.4. The van der Waals surface area contributed by atoms with E-state index in [1.54, 1.807) is 0 Å². The average Bonchev–Trinajstić information content (AvgIpc) is 2.72. The Morgan fingerprint density at radius 3 is 1.50 bits per heavy atom. The Morgan fingerprint density at radius 2 is 1.20 bits per heavy atom. The Kier molecular flexibility index (Phi) is 8.69. The van der Waals surface area contributed by atoms with E-state index in [0.717, 1.165) is 18.1 Å². The topological polar surface area (TPSA) is 29.5 Å². The predicted octanol–water partition coefficient (Wildman–Crippen LogP) is 5.75. The van der Waals surface area contributed by atoms with E-state index in [4.69, 9.17) is 4.43 Å². The fraction of sp³-hybridized carbons (Fsp3) is 0.538. The summed E-state index contributed by atoms with van der Waals surface area (Å²) in [5.41, 5.74) is 0.0359. The van der Waals surface area contributed by atoms with E-state index in [0.29, 0.717) is 6.42 Å².